The zero-order valence-corrected chi connectivity index (χ0v) is 17.8. The minimum absolute atomic E-state index is 0.0844. The molecule has 4 rings (SSSR count). The molecule has 1 saturated heterocycles. The fraction of sp³-hybridized carbons (Fsp3) is 0.240. The van der Waals surface area contributed by atoms with Crippen LogP contribution in [0.4, 0.5) is 11.4 Å². The average molecular weight is 431 g/mol. The van der Waals surface area contributed by atoms with Gasteiger partial charge in [0.2, 0.25) is 11.8 Å². The number of furan rings is 1. The summed E-state index contributed by atoms with van der Waals surface area (Å²) in [6.07, 6.45) is 2.60. The first-order valence-corrected chi connectivity index (χ1v) is 10.6. The predicted octanol–water partition coefficient (Wildman–Crippen LogP) is 3.76. The summed E-state index contributed by atoms with van der Waals surface area (Å²) < 4.78 is 5.23. The molecule has 7 heteroatoms. The zero-order chi connectivity index (χ0) is 22.5. The molecule has 7 nitrogen and oxygen atoms in total. The Morgan fingerprint density at radius 1 is 1.06 bits per heavy atom. The highest BCUT2D eigenvalue weighted by Gasteiger charge is 2.35. The molecule has 1 aromatic heterocycles. The van der Waals surface area contributed by atoms with Crippen molar-refractivity contribution in [2.75, 3.05) is 16.8 Å². The molecule has 0 aliphatic carbocycles. The standard InChI is InChI=1S/C25H25N3O4/c1-2-17-9-11-19(12-10-17)28-16-18(14-23(28)29)24(30)27-22-8-4-3-7-21(22)25(31)26-15-20-6-5-13-32-20/h3-13,18H,2,14-16H2,1H3,(H,26,31)(H,27,30). The van der Waals surface area contributed by atoms with E-state index in [2.05, 4.69) is 17.6 Å². The van der Waals surface area contributed by atoms with E-state index < -0.39 is 5.92 Å². The van der Waals surface area contributed by atoms with E-state index in [9.17, 15) is 14.4 Å². The van der Waals surface area contributed by atoms with Crippen LogP contribution in [0.2, 0.25) is 0 Å². The minimum atomic E-state index is -0.493. The van der Waals surface area contributed by atoms with Crippen molar-refractivity contribution in [2.24, 2.45) is 5.92 Å². The van der Waals surface area contributed by atoms with Crippen LogP contribution in [0, 0.1) is 5.92 Å². The van der Waals surface area contributed by atoms with E-state index in [-0.39, 0.29) is 30.7 Å². The van der Waals surface area contributed by atoms with Gasteiger partial charge >= 0.3 is 0 Å². The van der Waals surface area contributed by atoms with Gasteiger partial charge in [-0.25, -0.2) is 0 Å². The van der Waals surface area contributed by atoms with E-state index in [0.717, 1.165) is 12.1 Å². The topological polar surface area (TPSA) is 91.7 Å². The molecule has 0 radical (unpaired) electrons. The maximum Gasteiger partial charge on any atom is 0.253 e. The third-order valence-corrected chi connectivity index (χ3v) is 5.58. The lowest BCUT2D eigenvalue weighted by Crippen LogP contribution is -2.29. The van der Waals surface area contributed by atoms with Crippen LogP contribution in [0.25, 0.3) is 0 Å². The number of carbonyl (C=O) groups excluding carboxylic acids is 3. The van der Waals surface area contributed by atoms with E-state index in [0.29, 0.717) is 23.6 Å². The van der Waals surface area contributed by atoms with Crippen LogP contribution in [0.1, 0.15) is 35.0 Å². The first-order chi connectivity index (χ1) is 15.5. The summed E-state index contributed by atoms with van der Waals surface area (Å²) >= 11 is 0. The number of amides is 3. The first kappa shape index (κ1) is 21.4. The van der Waals surface area contributed by atoms with Gasteiger partial charge in [0.05, 0.1) is 30.0 Å². The molecule has 0 spiro atoms. The van der Waals surface area contributed by atoms with Crippen molar-refractivity contribution in [3.05, 3.63) is 83.8 Å². The summed E-state index contributed by atoms with van der Waals surface area (Å²) in [6.45, 7) is 2.63. The van der Waals surface area contributed by atoms with Crippen LogP contribution in [0.15, 0.2) is 71.3 Å². The highest BCUT2D eigenvalue weighted by molar-refractivity contribution is 6.07. The van der Waals surface area contributed by atoms with E-state index >= 15 is 0 Å². The summed E-state index contributed by atoms with van der Waals surface area (Å²) in [7, 11) is 0. The number of nitrogens with zero attached hydrogens (tertiary/aromatic N) is 1. The Labute approximate surface area is 186 Å². The fourth-order valence-corrected chi connectivity index (χ4v) is 3.75. The minimum Gasteiger partial charge on any atom is -0.467 e. The second-order valence-corrected chi connectivity index (χ2v) is 7.72. The maximum absolute atomic E-state index is 12.9. The number of benzene rings is 2. The Morgan fingerprint density at radius 3 is 2.56 bits per heavy atom. The lowest BCUT2D eigenvalue weighted by molar-refractivity contribution is -0.122. The van der Waals surface area contributed by atoms with Gasteiger partial charge in [-0.1, -0.05) is 31.2 Å². The smallest absolute Gasteiger partial charge is 0.253 e. The molecule has 0 bridgehead atoms. The Morgan fingerprint density at radius 2 is 1.84 bits per heavy atom. The van der Waals surface area contributed by atoms with Gasteiger partial charge in [0, 0.05) is 18.7 Å². The number of anilines is 2. The molecule has 32 heavy (non-hydrogen) atoms. The molecule has 3 amide bonds. The molecule has 3 aromatic rings. The predicted molar refractivity (Wildman–Crippen MR) is 121 cm³/mol. The highest BCUT2D eigenvalue weighted by atomic mass is 16.3. The van der Waals surface area contributed by atoms with Crippen LogP contribution < -0.4 is 15.5 Å². The third kappa shape index (κ3) is 4.72. The van der Waals surface area contributed by atoms with Crippen LogP contribution >= 0.6 is 0 Å². The monoisotopic (exact) mass is 431 g/mol. The molecule has 2 heterocycles. The number of carbonyl (C=O) groups is 3. The maximum atomic E-state index is 12.9. The molecule has 164 valence electrons. The van der Waals surface area contributed by atoms with E-state index in [1.807, 2.05) is 24.3 Å². The third-order valence-electron chi connectivity index (χ3n) is 5.58. The molecular formula is C25H25N3O4. The fourth-order valence-electron chi connectivity index (χ4n) is 3.75. The summed E-state index contributed by atoms with van der Waals surface area (Å²) in [6, 6.07) is 18.1. The van der Waals surface area contributed by atoms with Gasteiger partial charge in [-0.15, -0.1) is 0 Å². The number of nitrogens with one attached hydrogen (secondary N) is 2. The van der Waals surface area contributed by atoms with Gasteiger partial charge in [0.15, 0.2) is 0 Å². The SMILES string of the molecule is CCc1ccc(N2CC(C(=O)Nc3ccccc3C(=O)NCc3ccco3)CC2=O)cc1. The van der Waals surface area contributed by atoms with Gasteiger partial charge in [-0.2, -0.15) is 0 Å². The van der Waals surface area contributed by atoms with Gasteiger partial charge in [-0.3, -0.25) is 14.4 Å². The van der Waals surface area contributed by atoms with Crippen molar-refractivity contribution in [3.8, 4) is 0 Å². The number of aryl methyl sites for hydroxylation is 1. The van der Waals surface area contributed by atoms with Crippen molar-refractivity contribution in [1.82, 2.24) is 5.32 Å². The van der Waals surface area contributed by atoms with Crippen molar-refractivity contribution in [1.29, 1.82) is 0 Å². The first-order valence-electron chi connectivity index (χ1n) is 10.6. The Bertz CT molecular complexity index is 1110. The van der Waals surface area contributed by atoms with Crippen LogP contribution in [-0.2, 0) is 22.6 Å². The Hall–Kier alpha value is -3.87. The lowest BCUT2D eigenvalue weighted by Gasteiger charge is -2.17. The van der Waals surface area contributed by atoms with Crippen LogP contribution in [0.3, 0.4) is 0 Å². The molecule has 2 aromatic carbocycles. The molecule has 0 saturated carbocycles. The number of rotatable bonds is 7. The Kier molecular flexibility index (Phi) is 6.35. The van der Waals surface area contributed by atoms with Gasteiger partial charge in [0.1, 0.15) is 5.76 Å². The zero-order valence-electron chi connectivity index (χ0n) is 17.8. The largest absolute Gasteiger partial charge is 0.467 e. The second kappa shape index (κ2) is 9.51. The lowest BCUT2D eigenvalue weighted by atomic mass is 10.1. The molecule has 1 atom stereocenters. The Balaban J connectivity index is 1.41. The van der Waals surface area contributed by atoms with E-state index in [1.54, 1.807) is 47.6 Å². The number of hydrogen-bond acceptors (Lipinski definition) is 4. The average Bonchev–Trinajstić information content (AvgIpc) is 3.47. The second-order valence-electron chi connectivity index (χ2n) is 7.72. The molecule has 1 unspecified atom stereocenters. The van der Waals surface area contributed by atoms with E-state index in [1.165, 1.54) is 5.56 Å². The summed E-state index contributed by atoms with van der Waals surface area (Å²) in [5.41, 5.74) is 2.74. The van der Waals surface area contributed by atoms with Gasteiger partial charge < -0.3 is 20.0 Å². The van der Waals surface area contributed by atoms with E-state index in [4.69, 9.17) is 4.42 Å². The van der Waals surface area contributed by atoms with Crippen LogP contribution in [-0.4, -0.2) is 24.3 Å². The van der Waals surface area contributed by atoms with Crippen molar-refractivity contribution in [2.45, 2.75) is 26.3 Å². The molecule has 1 aliphatic rings. The van der Waals surface area contributed by atoms with Crippen LogP contribution in [0.5, 0.6) is 0 Å². The molecule has 1 aliphatic heterocycles. The van der Waals surface area contributed by atoms with Crippen molar-refractivity contribution in [3.63, 3.8) is 0 Å². The highest BCUT2D eigenvalue weighted by Crippen LogP contribution is 2.27. The normalized spacial score (nSPS) is 15.6. The van der Waals surface area contributed by atoms with Crippen molar-refractivity contribution >= 4 is 29.1 Å². The number of para-hydroxylation sites is 1. The summed E-state index contributed by atoms with van der Waals surface area (Å²) in [5, 5.41) is 5.62. The molecule has 1 fully saturated rings. The molecular weight excluding hydrogens is 406 g/mol. The molecule has 2 N–H and O–H groups in total. The van der Waals surface area contributed by atoms with Gasteiger partial charge in [0.25, 0.3) is 5.91 Å². The summed E-state index contributed by atoms with van der Waals surface area (Å²) in [4.78, 5) is 39.7. The quantitative estimate of drug-likeness (QED) is 0.596. The summed E-state index contributed by atoms with van der Waals surface area (Å²) in [5.74, 6) is -0.544. The van der Waals surface area contributed by atoms with Crippen molar-refractivity contribution < 1.29 is 18.8 Å². The number of hydrogen-bond donors (Lipinski definition) is 2. The van der Waals surface area contributed by atoms with Gasteiger partial charge in [-0.05, 0) is 48.4 Å².